The Bertz CT molecular complexity index is 814. The first-order valence-corrected chi connectivity index (χ1v) is 21.7. The van der Waals surface area contributed by atoms with Gasteiger partial charge in [-0.1, -0.05) is 171 Å². The van der Waals surface area contributed by atoms with E-state index in [1.54, 1.807) is 0 Å². The van der Waals surface area contributed by atoms with Gasteiger partial charge in [-0.2, -0.15) is 0 Å². The van der Waals surface area contributed by atoms with E-state index in [0.717, 1.165) is 71.0 Å². The second kappa shape index (κ2) is 38.1. The van der Waals surface area contributed by atoms with E-state index in [-0.39, 0.29) is 16.7 Å². The Morgan fingerprint density at radius 2 is 1.14 bits per heavy atom. The van der Waals surface area contributed by atoms with Gasteiger partial charge in [0.25, 0.3) is 0 Å². The predicted molar refractivity (Wildman–Crippen MR) is 215 cm³/mol. The maximum absolute atomic E-state index is 12.8. The topological polar surface area (TPSA) is 44.8 Å². The Balaban J connectivity index is 2.13. The number of thioether (sulfide) groups is 1. The quantitative estimate of drug-likeness (QED) is 0.0486. The number of allylic oxidation sites excluding steroid dienone is 8. The van der Waals surface area contributed by atoms with Crippen molar-refractivity contribution in [3.8, 4) is 0 Å². The molecule has 4 nitrogen and oxygen atoms in total. The summed E-state index contributed by atoms with van der Waals surface area (Å²) in [4.78, 5) is 12.8. The van der Waals surface area contributed by atoms with Crippen molar-refractivity contribution in [1.29, 1.82) is 0 Å². The zero-order valence-electron chi connectivity index (χ0n) is 32.2. The highest BCUT2D eigenvalue weighted by Gasteiger charge is 2.20. The molecule has 1 rings (SSSR count). The number of hydrogen-bond acceptors (Lipinski definition) is 5. The minimum absolute atomic E-state index is 0.0289. The van der Waals surface area contributed by atoms with Gasteiger partial charge < -0.3 is 14.2 Å². The lowest BCUT2D eigenvalue weighted by Crippen LogP contribution is -2.28. The van der Waals surface area contributed by atoms with Crippen LogP contribution in [0.1, 0.15) is 187 Å². The van der Waals surface area contributed by atoms with Crippen molar-refractivity contribution in [3.05, 3.63) is 48.6 Å². The summed E-state index contributed by atoms with van der Waals surface area (Å²) in [5, 5.41) is 0.273. The first-order chi connectivity index (χ1) is 24.3. The molecule has 5 heteroatoms. The van der Waals surface area contributed by atoms with Gasteiger partial charge in [-0.3, -0.25) is 4.79 Å². The second-order valence-corrected chi connectivity index (χ2v) is 15.3. The Labute approximate surface area is 308 Å². The van der Waals surface area contributed by atoms with E-state index in [2.05, 4.69) is 62.5 Å². The SMILES string of the molecule is CCCCC/C=C/C/C=C/C/C=C/C/C=C/CCCC(=O)S[C@@H](COCCCCCCCCCCCCCCCC)COC1CCCCO1. The minimum Gasteiger partial charge on any atom is -0.380 e. The van der Waals surface area contributed by atoms with Gasteiger partial charge >= 0.3 is 0 Å². The molecule has 1 unspecified atom stereocenters. The number of unbranched alkanes of at least 4 members (excludes halogenated alkanes) is 17. The lowest BCUT2D eigenvalue weighted by atomic mass is 10.0. The van der Waals surface area contributed by atoms with Crippen molar-refractivity contribution in [2.45, 2.75) is 199 Å². The Kier molecular flexibility index (Phi) is 35.7. The number of carbonyl (C=O) groups is 1. The van der Waals surface area contributed by atoms with Crippen LogP contribution in [0.15, 0.2) is 48.6 Å². The van der Waals surface area contributed by atoms with Crippen LogP contribution in [0.2, 0.25) is 0 Å². The summed E-state index contributed by atoms with van der Waals surface area (Å²) in [6, 6.07) is 0. The van der Waals surface area contributed by atoms with Gasteiger partial charge in [-0.05, 0) is 70.6 Å². The normalized spacial score (nSPS) is 16.2. The summed E-state index contributed by atoms with van der Waals surface area (Å²) in [7, 11) is 0. The number of ether oxygens (including phenoxy) is 3. The van der Waals surface area contributed by atoms with Crippen LogP contribution < -0.4 is 0 Å². The highest BCUT2D eigenvalue weighted by molar-refractivity contribution is 8.14. The standard InChI is InChI=1S/C44H78O4S/c1-3-5-7-9-11-13-15-17-19-20-21-22-24-26-28-30-32-36-43(45)49-42(41-48-44-37-33-35-39-47-44)40-46-38-34-31-29-27-25-23-18-16-14-12-10-8-6-4-2/h11,13,17,19,21-22,26,28,42,44H,3-10,12,14-16,18,20,23-25,27,29-41H2,1-2H3/b13-11+,19-17+,22-21+,28-26+/t42-,44?/m0/s1. The van der Waals surface area contributed by atoms with Gasteiger partial charge in [0.1, 0.15) is 0 Å². The third-order valence-corrected chi connectivity index (χ3v) is 10.1. The molecule has 0 spiro atoms. The molecular formula is C44H78O4S. The van der Waals surface area contributed by atoms with Crippen molar-refractivity contribution in [2.75, 3.05) is 26.4 Å². The largest absolute Gasteiger partial charge is 0.380 e. The van der Waals surface area contributed by atoms with Crippen LogP contribution in [-0.4, -0.2) is 43.1 Å². The van der Waals surface area contributed by atoms with E-state index >= 15 is 0 Å². The third kappa shape index (κ3) is 33.7. The molecule has 0 aromatic rings. The van der Waals surface area contributed by atoms with E-state index in [1.165, 1.54) is 121 Å². The van der Waals surface area contributed by atoms with Crippen molar-refractivity contribution in [1.82, 2.24) is 0 Å². The number of hydrogen-bond donors (Lipinski definition) is 0. The van der Waals surface area contributed by atoms with Crippen LogP contribution in [0.4, 0.5) is 0 Å². The fourth-order valence-corrected chi connectivity index (χ4v) is 6.90. The molecule has 0 bridgehead atoms. The van der Waals surface area contributed by atoms with E-state index in [4.69, 9.17) is 14.2 Å². The Morgan fingerprint density at radius 3 is 1.69 bits per heavy atom. The molecule has 0 aromatic heterocycles. The highest BCUT2D eigenvalue weighted by Crippen LogP contribution is 2.21. The minimum atomic E-state index is -0.129. The summed E-state index contributed by atoms with van der Waals surface area (Å²) >= 11 is 1.42. The number of carbonyl (C=O) groups excluding carboxylic acids is 1. The first kappa shape index (κ1) is 45.9. The lowest BCUT2D eigenvalue weighted by Gasteiger charge is -2.25. The average molecular weight is 703 g/mol. The molecule has 284 valence electrons. The predicted octanol–water partition coefficient (Wildman–Crippen LogP) is 13.8. The molecular weight excluding hydrogens is 625 g/mol. The Morgan fingerprint density at radius 1 is 0.633 bits per heavy atom. The molecule has 2 atom stereocenters. The van der Waals surface area contributed by atoms with Crippen LogP contribution >= 0.6 is 11.8 Å². The molecule has 0 N–H and O–H groups in total. The molecule has 0 radical (unpaired) electrons. The fourth-order valence-electron chi connectivity index (χ4n) is 5.96. The van der Waals surface area contributed by atoms with Gasteiger partial charge in [0.05, 0.1) is 18.5 Å². The molecule has 49 heavy (non-hydrogen) atoms. The van der Waals surface area contributed by atoms with Crippen LogP contribution in [0, 0.1) is 0 Å². The van der Waals surface area contributed by atoms with E-state index < -0.39 is 0 Å². The maximum Gasteiger partial charge on any atom is 0.189 e. The third-order valence-electron chi connectivity index (χ3n) is 9.06. The van der Waals surface area contributed by atoms with Crippen LogP contribution in [0.5, 0.6) is 0 Å². The van der Waals surface area contributed by atoms with Crippen molar-refractivity contribution in [2.24, 2.45) is 0 Å². The maximum atomic E-state index is 12.8. The van der Waals surface area contributed by atoms with E-state index in [0.29, 0.717) is 19.6 Å². The van der Waals surface area contributed by atoms with Gasteiger partial charge in [0, 0.05) is 19.6 Å². The zero-order valence-corrected chi connectivity index (χ0v) is 33.1. The summed E-state index contributed by atoms with van der Waals surface area (Å²) in [6.07, 6.45) is 50.6. The lowest BCUT2D eigenvalue weighted by molar-refractivity contribution is -0.163. The summed E-state index contributed by atoms with van der Waals surface area (Å²) in [5.41, 5.74) is 0. The Hall–Kier alpha value is -1.14. The number of rotatable bonds is 35. The molecule has 1 aliphatic rings. The molecule has 0 aromatic carbocycles. The summed E-state index contributed by atoms with van der Waals surface area (Å²) < 4.78 is 17.9. The van der Waals surface area contributed by atoms with Crippen LogP contribution in [0.25, 0.3) is 0 Å². The molecule has 0 aliphatic carbocycles. The summed E-state index contributed by atoms with van der Waals surface area (Å²) in [5.74, 6) is 0. The van der Waals surface area contributed by atoms with Gasteiger partial charge in [0.15, 0.2) is 11.4 Å². The van der Waals surface area contributed by atoms with Gasteiger partial charge in [0.2, 0.25) is 0 Å². The monoisotopic (exact) mass is 703 g/mol. The molecule has 0 saturated carbocycles. The van der Waals surface area contributed by atoms with Crippen molar-refractivity contribution in [3.63, 3.8) is 0 Å². The van der Waals surface area contributed by atoms with Crippen LogP contribution in [-0.2, 0) is 19.0 Å². The van der Waals surface area contributed by atoms with Crippen LogP contribution in [0.3, 0.4) is 0 Å². The fraction of sp³-hybridized carbons (Fsp3) is 0.795. The highest BCUT2D eigenvalue weighted by atomic mass is 32.2. The second-order valence-electron chi connectivity index (χ2n) is 13.9. The van der Waals surface area contributed by atoms with Gasteiger partial charge in [-0.15, -0.1) is 0 Å². The van der Waals surface area contributed by atoms with Gasteiger partial charge in [-0.25, -0.2) is 0 Å². The smallest absolute Gasteiger partial charge is 0.189 e. The average Bonchev–Trinajstić information content (AvgIpc) is 3.12. The molecule has 1 heterocycles. The summed E-state index contributed by atoms with van der Waals surface area (Å²) in [6.45, 7) is 7.16. The van der Waals surface area contributed by atoms with E-state index in [1.807, 2.05) is 0 Å². The molecule has 0 amide bonds. The molecule has 1 aliphatic heterocycles. The first-order valence-electron chi connectivity index (χ1n) is 20.9. The molecule has 1 fully saturated rings. The van der Waals surface area contributed by atoms with Crippen molar-refractivity contribution >= 4 is 16.9 Å². The van der Waals surface area contributed by atoms with E-state index in [9.17, 15) is 4.79 Å². The van der Waals surface area contributed by atoms with Crippen molar-refractivity contribution < 1.29 is 19.0 Å². The zero-order chi connectivity index (χ0) is 35.1. The molecule has 1 saturated heterocycles.